The Balaban J connectivity index is 1.43. The van der Waals surface area contributed by atoms with Gasteiger partial charge < -0.3 is 4.42 Å². The molecule has 0 fully saturated rings. The Morgan fingerprint density at radius 3 is 3.04 bits per heavy atom. The number of thiophene rings is 1. The molecule has 6 nitrogen and oxygen atoms in total. The third-order valence-corrected chi connectivity index (χ3v) is 5.47. The third kappa shape index (κ3) is 2.22. The highest BCUT2D eigenvalue weighted by Crippen LogP contribution is 2.28. The molecular formula is C16H11N5OS2. The monoisotopic (exact) mass is 353 g/mol. The van der Waals surface area contributed by atoms with Gasteiger partial charge in [-0.2, -0.15) is 0 Å². The molecule has 24 heavy (non-hydrogen) atoms. The Kier molecular flexibility index (Phi) is 3.17. The topological polar surface area (TPSA) is 72.0 Å². The number of H-pyrrole nitrogens is 1. The van der Waals surface area contributed by atoms with Gasteiger partial charge in [0.2, 0.25) is 11.7 Å². The normalized spacial score (nSPS) is 11.7. The number of hydrogen-bond donors (Lipinski definition) is 1. The van der Waals surface area contributed by atoms with Crippen molar-refractivity contribution >= 4 is 39.9 Å². The van der Waals surface area contributed by atoms with Gasteiger partial charge in [-0.15, -0.1) is 16.4 Å². The van der Waals surface area contributed by atoms with Crippen LogP contribution in [0, 0.1) is 0 Å². The summed E-state index contributed by atoms with van der Waals surface area (Å²) in [5.74, 6) is 2.10. The summed E-state index contributed by atoms with van der Waals surface area (Å²) in [6, 6.07) is 12.0. The number of thioether (sulfide) groups is 1. The van der Waals surface area contributed by atoms with E-state index in [2.05, 4.69) is 20.2 Å². The maximum atomic E-state index is 5.56. The van der Waals surface area contributed by atoms with Gasteiger partial charge in [0.15, 0.2) is 5.16 Å². The van der Waals surface area contributed by atoms with Crippen molar-refractivity contribution in [2.24, 2.45) is 0 Å². The number of aromatic amines is 1. The molecule has 0 saturated heterocycles. The zero-order chi connectivity index (χ0) is 15.9. The summed E-state index contributed by atoms with van der Waals surface area (Å²) >= 11 is 3.22. The van der Waals surface area contributed by atoms with Crippen LogP contribution in [0.4, 0.5) is 0 Å². The molecule has 0 aliphatic carbocycles. The summed E-state index contributed by atoms with van der Waals surface area (Å²) in [5, 5.41) is 10.2. The molecule has 0 spiro atoms. The van der Waals surface area contributed by atoms with Crippen molar-refractivity contribution in [3.63, 3.8) is 0 Å². The van der Waals surface area contributed by atoms with Crippen LogP contribution in [0.25, 0.3) is 27.6 Å². The fraction of sp³-hybridized carbons (Fsp3) is 0.0625. The number of aromatic nitrogens is 5. The number of imidazole rings is 1. The average Bonchev–Trinajstić information content (AvgIpc) is 3.36. The van der Waals surface area contributed by atoms with Crippen molar-refractivity contribution in [1.29, 1.82) is 0 Å². The van der Waals surface area contributed by atoms with Gasteiger partial charge in [0.05, 0.1) is 21.6 Å². The highest BCUT2D eigenvalue weighted by atomic mass is 32.2. The lowest BCUT2D eigenvalue weighted by atomic mass is 10.3. The molecule has 0 bridgehead atoms. The molecule has 4 heterocycles. The van der Waals surface area contributed by atoms with E-state index in [-0.39, 0.29) is 0 Å². The maximum Gasteiger partial charge on any atom is 0.236 e. The molecule has 118 valence electrons. The highest BCUT2D eigenvalue weighted by molar-refractivity contribution is 7.98. The first-order valence-corrected chi connectivity index (χ1v) is 9.18. The van der Waals surface area contributed by atoms with Gasteiger partial charge in [-0.3, -0.25) is 4.40 Å². The van der Waals surface area contributed by atoms with Crippen LogP contribution in [0.5, 0.6) is 0 Å². The van der Waals surface area contributed by atoms with Crippen LogP contribution in [-0.2, 0) is 5.75 Å². The number of fused-ring (bicyclic) bond motifs is 3. The Bertz CT molecular complexity index is 1120. The van der Waals surface area contributed by atoms with Crippen molar-refractivity contribution in [3.8, 4) is 10.8 Å². The quantitative estimate of drug-likeness (QED) is 0.490. The molecular weight excluding hydrogens is 342 g/mol. The zero-order valence-corrected chi connectivity index (χ0v) is 14.0. The molecule has 1 aromatic carbocycles. The summed E-state index contributed by atoms with van der Waals surface area (Å²) in [6.07, 6.45) is 1.71. The molecule has 0 unspecified atom stereocenters. The molecule has 0 amide bonds. The molecule has 0 aliphatic rings. The van der Waals surface area contributed by atoms with E-state index in [0.29, 0.717) is 11.6 Å². The van der Waals surface area contributed by atoms with Gasteiger partial charge in [0.1, 0.15) is 6.26 Å². The number of oxazole rings is 1. The van der Waals surface area contributed by atoms with Gasteiger partial charge in [-0.25, -0.2) is 15.1 Å². The van der Waals surface area contributed by atoms with E-state index >= 15 is 0 Å². The van der Waals surface area contributed by atoms with E-state index in [4.69, 9.17) is 4.42 Å². The Morgan fingerprint density at radius 1 is 1.17 bits per heavy atom. The van der Waals surface area contributed by atoms with E-state index < -0.39 is 0 Å². The predicted molar refractivity (Wildman–Crippen MR) is 94.2 cm³/mol. The molecule has 0 saturated carbocycles. The Labute approximate surface area is 144 Å². The van der Waals surface area contributed by atoms with Crippen LogP contribution >= 0.6 is 23.1 Å². The van der Waals surface area contributed by atoms with Crippen LogP contribution < -0.4 is 0 Å². The van der Waals surface area contributed by atoms with Crippen molar-refractivity contribution in [2.75, 3.05) is 0 Å². The minimum absolute atomic E-state index is 0.667. The van der Waals surface area contributed by atoms with Crippen LogP contribution in [0.15, 0.2) is 57.6 Å². The average molecular weight is 353 g/mol. The lowest BCUT2D eigenvalue weighted by Gasteiger charge is -1.96. The van der Waals surface area contributed by atoms with Crippen LogP contribution in [0.3, 0.4) is 0 Å². The zero-order valence-electron chi connectivity index (χ0n) is 12.3. The van der Waals surface area contributed by atoms with E-state index in [1.165, 1.54) is 0 Å². The second-order valence-corrected chi connectivity index (χ2v) is 7.07. The van der Waals surface area contributed by atoms with Gasteiger partial charge in [0.25, 0.3) is 0 Å². The summed E-state index contributed by atoms with van der Waals surface area (Å²) in [7, 11) is 0. The molecule has 1 N–H and O–H groups in total. The SMILES string of the molecule is c1csc(-c2nc(CSc3n[nH]c4nc5ccccc5n34)co2)c1. The van der Waals surface area contributed by atoms with Gasteiger partial charge in [-0.05, 0) is 23.6 Å². The standard InChI is InChI=1S/C16H11N5OS2/c1-2-5-12-11(4-1)18-15-19-20-16(21(12)15)24-9-10-8-22-14(17-10)13-6-3-7-23-13/h1-8H,9H2,(H,18,19). The van der Waals surface area contributed by atoms with Gasteiger partial charge >= 0.3 is 0 Å². The second-order valence-electron chi connectivity index (χ2n) is 5.18. The van der Waals surface area contributed by atoms with Crippen LogP contribution in [-0.4, -0.2) is 24.6 Å². The number of para-hydroxylation sites is 2. The minimum Gasteiger partial charge on any atom is -0.444 e. The molecule has 0 radical (unpaired) electrons. The lowest BCUT2D eigenvalue weighted by Crippen LogP contribution is -1.87. The number of benzene rings is 1. The molecule has 0 atom stereocenters. The molecule has 0 aliphatic heterocycles. The first-order valence-electron chi connectivity index (χ1n) is 7.31. The fourth-order valence-electron chi connectivity index (χ4n) is 2.56. The Morgan fingerprint density at radius 2 is 2.12 bits per heavy atom. The number of rotatable bonds is 4. The van der Waals surface area contributed by atoms with Gasteiger partial charge in [-0.1, -0.05) is 30.0 Å². The number of nitrogens with zero attached hydrogens (tertiary/aromatic N) is 4. The van der Waals surface area contributed by atoms with Gasteiger partial charge in [0, 0.05) is 5.75 Å². The van der Waals surface area contributed by atoms with E-state index in [9.17, 15) is 0 Å². The van der Waals surface area contributed by atoms with Crippen molar-refractivity contribution in [1.82, 2.24) is 24.6 Å². The number of hydrogen-bond acceptors (Lipinski definition) is 6. The Hall–Kier alpha value is -2.58. The van der Waals surface area contributed by atoms with Crippen LogP contribution in [0.1, 0.15) is 5.69 Å². The molecule has 8 heteroatoms. The minimum atomic E-state index is 0.667. The summed E-state index contributed by atoms with van der Waals surface area (Å²) in [5.41, 5.74) is 2.89. The second kappa shape index (κ2) is 5.50. The van der Waals surface area contributed by atoms with Crippen molar-refractivity contribution in [3.05, 3.63) is 53.7 Å². The van der Waals surface area contributed by atoms with Crippen molar-refractivity contribution in [2.45, 2.75) is 10.9 Å². The first-order chi connectivity index (χ1) is 11.9. The fourth-order valence-corrected chi connectivity index (χ4v) is 4.05. The summed E-state index contributed by atoms with van der Waals surface area (Å²) < 4.78 is 7.59. The number of nitrogens with one attached hydrogen (secondary N) is 1. The van der Waals surface area contributed by atoms with Crippen LogP contribution in [0.2, 0.25) is 0 Å². The van der Waals surface area contributed by atoms with Crippen molar-refractivity contribution < 1.29 is 4.42 Å². The maximum absolute atomic E-state index is 5.56. The van der Waals surface area contributed by atoms with E-state index in [1.54, 1.807) is 29.4 Å². The summed E-state index contributed by atoms with van der Waals surface area (Å²) in [4.78, 5) is 10.1. The smallest absolute Gasteiger partial charge is 0.236 e. The molecule has 5 rings (SSSR count). The predicted octanol–water partition coefficient (Wildman–Crippen LogP) is 4.22. The van der Waals surface area contributed by atoms with E-state index in [1.807, 2.05) is 46.2 Å². The lowest BCUT2D eigenvalue weighted by molar-refractivity contribution is 0.575. The largest absolute Gasteiger partial charge is 0.444 e. The molecule has 4 aromatic heterocycles. The highest BCUT2D eigenvalue weighted by Gasteiger charge is 2.13. The first kappa shape index (κ1) is 13.8. The summed E-state index contributed by atoms with van der Waals surface area (Å²) in [6.45, 7) is 0. The van der Waals surface area contributed by atoms with E-state index in [0.717, 1.165) is 32.5 Å². The third-order valence-electron chi connectivity index (χ3n) is 3.64. The molecule has 5 aromatic rings.